The second-order valence-electron chi connectivity index (χ2n) is 6.64. The smallest absolute Gasteiger partial charge is 0.378 e. The number of imidazole rings is 1. The molecular weight excluding hydrogens is 374 g/mol. The predicted octanol–water partition coefficient (Wildman–Crippen LogP) is 0.700. The molecule has 3 heterocycles. The Morgan fingerprint density at radius 2 is 1.82 bits per heavy atom. The quantitative estimate of drug-likeness (QED) is 0.363. The van der Waals surface area contributed by atoms with Crippen molar-refractivity contribution in [1.29, 1.82) is 0 Å². The number of carbonyl (C=O) groups excluding carboxylic acids is 1. The van der Waals surface area contributed by atoms with Crippen molar-refractivity contribution in [1.82, 2.24) is 9.38 Å². The number of benzene rings is 2. The number of hydrogen-bond donors (Lipinski definition) is 1. The number of H-pyrrole nitrogens is 1. The van der Waals surface area contributed by atoms with Crippen molar-refractivity contribution in [2.75, 3.05) is 7.11 Å². The van der Waals surface area contributed by atoms with E-state index in [9.17, 15) is 4.79 Å². The molecule has 5 aromatic rings. The monoisotopic (exact) mass is 391 g/mol. The van der Waals surface area contributed by atoms with E-state index in [-0.39, 0.29) is 18.4 Å². The van der Waals surface area contributed by atoms with Gasteiger partial charge in [-0.2, -0.15) is 4.40 Å². The van der Waals surface area contributed by atoms with E-state index >= 15 is 0 Å². The second kappa shape index (κ2) is 7.02. The lowest BCUT2D eigenvalue weighted by Crippen LogP contribution is -3.00. The molecule has 0 saturated heterocycles. The van der Waals surface area contributed by atoms with Gasteiger partial charge in [0.25, 0.3) is 0 Å². The average Bonchev–Trinajstić information content (AvgIpc) is 3.28. The Morgan fingerprint density at radius 1 is 1.07 bits per heavy atom. The number of pyridine rings is 1. The topological polar surface area (TPSA) is 50.4 Å². The third-order valence-electron chi connectivity index (χ3n) is 4.96. The standard InChI is InChI=1S/C22H17N3O2.ClH/c1-27-22(26)19-11-17-16-9-5-6-10-18(16)23-21(17)20-13-24(14-25(19)20)12-15-7-3-2-4-8-15;/h2-11,13-14H,12H2,1H3;1H. The maximum atomic E-state index is 12.4. The van der Waals surface area contributed by atoms with Crippen molar-refractivity contribution >= 4 is 33.3 Å². The molecule has 0 saturated carbocycles. The van der Waals surface area contributed by atoms with Crippen LogP contribution in [-0.2, 0) is 11.3 Å². The van der Waals surface area contributed by atoms with E-state index in [0.717, 1.165) is 33.9 Å². The Kier molecular flexibility index (Phi) is 4.53. The maximum Gasteiger partial charge on any atom is 0.378 e. The number of aromatic nitrogens is 3. The highest BCUT2D eigenvalue weighted by Gasteiger charge is 2.23. The summed E-state index contributed by atoms with van der Waals surface area (Å²) in [7, 11) is 1.41. The van der Waals surface area contributed by atoms with Gasteiger partial charge in [-0.05, 0) is 11.6 Å². The van der Waals surface area contributed by atoms with Gasteiger partial charge in [-0.3, -0.25) is 0 Å². The van der Waals surface area contributed by atoms with Crippen LogP contribution in [0, 0.1) is 0 Å². The van der Waals surface area contributed by atoms with E-state index in [2.05, 4.69) is 33.9 Å². The molecule has 0 atom stereocenters. The summed E-state index contributed by atoms with van der Waals surface area (Å²) < 4.78 is 9.01. The zero-order valence-corrected chi connectivity index (χ0v) is 16.0. The largest absolute Gasteiger partial charge is 1.00 e. The fraction of sp³-hybridized carbons (Fsp3) is 0.0909. The minimum Gasteiger partial charge on any atom is -1.00 e. The number of hydrogen-bond acceptors (Lipinski definition) is 2. The molecule has 28 heavy (non-hydrogen) atoms. The van der Waals surface area contributed by atoms with Crippen LogP contribution in [0.5, 0.6) is 0 Å². The molecule has 0 spiro atoms. The minimum absolute atomic E-state index is 0. The van der Waals surface area contributed by atoms with Crippen LogP contribution in [0.25, 0.3) is 27.3 Å². The highest BCUT2D eigenvalue weighted by atomic mass is 35.5. The van der Waals surface area contributed by atoms with Crippen LogP contribution >= 0.6 is 0 Å². The first-order valence-corrected chi connectivity index (χ1v) is 8.81. The normalized spacial score (nSPS) is 11.0. The fourth-order valence-electron chi connectivity index (χ4n) is 3.70. The Bertz CT molecular complexity index is 1310. The number of para-hydroxylation sites is 1. The third kappa shape index (κ3) is 2.80. The van der Waals surface area contributed by atoms with Crippen LogP contribution in [0.3, 0.4) is 0 Å². The fourth-order valence-corrected chi connectivity index (χ4v) is 3.70. The van der Waals surface area contributed by atoms with Gasteiger partial charge in [0.15, 0.2) is 5.52 Å². The molecule has 0 bridgehead atoms. The van der Waals surface area contributed by atoms with Crippen LogP contribution < -0.4 is 17.0 Å². The number of esters is 1. The predicted molar refractivity (Wildman–Crippen MR) is 104 cm³/mol. The molecule has 1 N–H and O–H groups in total. The molecule has 0 aliphatic rings. The van der Waals surface area contributed by atoms with Crippen molar-refractivity contribution < 1.29 is 26.5 Å². The lowest BCUT2D eigenvalue weighted by molar-refractivity contribution is -0.686. The lowest BCUT2D eigenvalue weighted by Gasteiger charge is -1.99. The van der Waals surface area contributed by atoms with Crippen LogP contribution in [0.15, 0.2) is 73.2 Å². The number of nitrogens with zero attached hydrogens (tertiary/aromatic N) is 2. The summed E-state index contributed by atoms with van der Waals surface area (Å²) in [6.07, 6.45) is 4.01. The first-order chi connectivity index (χ1) is 13.2. The molecule has 6 heteroatoms. The first kappa shape index (κ1) is 18.1. The highest BCUT2D eigenvalue weighted by molar-refractivity contribution is 6.13. The number of rotatable bonds is 3. The number of fused-ring (bicyclic) bond motifs is 5. The van der Waals surface area contributed by atoms with Gasteiger partial charge >= 0.3 is 5.97 Å². The Balaban J connectivity index is 0.00000192. The van der Waals surface area contributed by atoms with Gasteiger partial charge < -0.3 is 22.1 Å². The summed E-state index contributed by atoms with van der Waals surface area (Å²) in [5.41, 5.74) is 4.71. The summed E-state index contributed by atoms with van der Waals surface area (Å²) in [4.78, 5) is 15.9. The van der Waals surface area contributed by atoms with Crippen molar-refractivity contribution in [3.05, 3.63) is 84.4 Å². The zero-order valence-electron chi connectivity index (χ0n) is 15.2. The molecule has 0 aliphatic heterocycles. The molecular formula is C22H18ClN3O2. The molecule has 0 unspecified atom stereocenters. The molecule has 0 aliphatic carbocycles. The summed E-state index contributed by atoms with van der Waals surface area (Å²) in [6.45, 7) is 0.727. The van der Waals surface area contributed by atoms with Crippen molar-refractivity contribution in [3.8, 4) is 0 Å². The molecule has 0 fully saturated rings. The molecule has 140 valence electrons. The number of halogens is 1. The Hall–Kier alpha value is -3.31. The highest BCUT2D eigenvalue weighted by Crippen LogP contribution is 2.29. The number of nitrogens with one attached hydrogen (secondary N) is 1. The van der Waals surface area contributed by atoms with E-state index < -0.39 is 0 Å². The Morgan fingerprint density at radius 3 is 2.61 bits per heavy atom. The van der Waals surface area contributed by atoms with E-state index in [1.807, 2.05) is 53.2 Å². The SMILES string of the molecule is COC(=O)c1cc2c3ccccc3[nH]c2c2c[n+](Cc3ccccc3)cn12.[Cl-]. The van der Waals surface area contributed by atoms with Gasteiger partial charge in [-0.1, -0.05) is 48.5 Å². The van der Waals surface area contributed by atoms with E-state index in [1.54, 1.807) is 0 Å². The van der Waals surface area contributed by atoms with Crippen LogP contribution in [-0.4, -0.2) is 22.5 Å². The molecule has 0 radical (unpaired) electrons. The maximum absolute atomic E-state index is 12.4. The molecule has 5 nitrogen and oxygen atoms in total. The number of methoxy groups -OCH3 is 1. The molecule has 5 rings (SSSR count). The zero-order chi connectivity index (χ0) is 18.4. The van der Waals surface area contributed by atoms with Gasteiger partial charge in [0.2, 0.25) is 12.0 Å². The summed E-state index contributed by atoms with van der Waals surface area (Å²) in [5, 5.41) is 2.11. The van der Waals surface area contributed by atoms with Crippen LogP contribution in [0.2, 0.25) is 0 Å². The van der Waals surface area contributed by atoms with Crippen molar-refractivity contribution in [3.63, 3.8) is 0 Å². The number of ether oxygens (including phenoxy) is 1. The van der Waals surface area contributed by atoms with Gasteiger partial charge in [0.1, 0.15) is 12.7 Å². The van der Waals surface area contributed by atoms with Gasteiger partial charge in [-0.25, -0.2) is 9.36 Å². The second-order valence-corrected chi connectivity index (χ2v) is 6.64. The number of carbonyl (C=O) groups is 1. The van der Waals surface area contributed by atoms with E-state index in [0.29, 0.717) is 5.69 Å². The van der Waals surface area contributed by atoms with E-state index in [4.69, 9.17) is 4.74 Å². The molecule has 2 aromatic carbocycles. The van der Waals surface area contributed by atoms with Gasteiger partial charge in [0, 0.05) is 22.4 Å². The minimum atomic E-state index is -0.352. The van der Waals surface area contributed by atoms with Gasteiger partial charge in [0.05, 0.1) is 12.6 Å². The Labute approximate surface area is 167 Å². The average molecular weight is 392 g/mol. The first-order valence-electron chi connectivity index (χ1n) is 8.81. The summed E-state index contributed by atoms with van der Waals surface area (Å²) >= 11 is 0. The molecule has 0 amide bonds. The summed E-state index contributed by atoms with van der Waals surface area (Å²) in [5.74, 6) is -0.352. The lowest BCUT2D eigenvalue weighted by atomic mass is 10.1. The molecule has 3 aromatic heterocycles. The number of aromatic amines is 1. The summed E-state index contributed by atoms with van der Waals surface area (Å²) in [6, 6.07) is 20.3. The van der Waals surface area contributed by atoms with Crippen LogP contribution in [0.1, 0.15) is 16.1 Å². The van der Waals surface area contributed by atoms with Crippen molar-refractivity contribution in [2.24, 2.45) is 0 Å². The van der Waals surface area contributed by atoms with E-state index in [1.165, 1.54) is 12.7 Å². The third-order valence-corrected chi connectivity index (χ3v) is 4.96. The van der Waals surface area contributed by atoms with Gasteiger partial charge in [-0.15, -0.1) is 0 Å². The van der Waals surface area contributed by atoms with Crippen LogP contribution in [0.4, 0.5) is 0 Å². The van der Waals surface area contributed by atoms with Crippen molar-refractivity contribution in [2.45, 2.75) is 6.54 Å².